The Morgan fingerprint density at radius 1 is 1.30 bits per heavy atom. The standard InChI is InChI=1S/C14H13FN2O3/c1-9-6-12(3-4-13(9)15)20-8-10-7-11(17(18)19)2-5-14(10)16/h2-7H,8,16H2,1H3. The second-order valence-electron chi connectivity index (χ2n) is 4.34. The van der Waals surface area contributed by atoms with E-state index < -0.39 is 4.92 Å². The van der Waals surface area contributed by atoms with E-state index in [-0.39, 0.29) is 18.1 Å². The van der Waals surface area contributed by atoms with Gasteiger partial charge in [-0.3, -0.25) is 10.1 Å². The van der Waals surface area contributed by atoms with Crippen LogP contribution in [0.25, 0.3) is 0 Å². The number of rotatable bonds is 4. The van der Waals surface area contributed by atoms with Crippen molar-refractivity contribution in [1.29, 1.82) is 0 Å². The zero-order chi connectivity index (χ0) is 14.7. The largest absolute Gasteiger partial charge is 0.489 e. The summed E-state index contributed by atoms with van der Waals surface area (Å²) < 4.78 is 18.6. The van der Waals surface area contributed by atoms with E-state index in [1.807, 2.05) is 0 Å². The highest BCUT2D eigenvalue weighted by Crippen LogP contribution is 2.22. The van der Waals surface area contributed by atoms with Crippen LogP contribution in [0.4, 0.5) is 15.8 Å². The van der Waals surface area contributed by atoms with Crippen LogP contribution in [0.15, 0.2) is 36.4 Å². The fourth-order valence-electron chi connectivity index (χ4n) is 1.70. The fourth-order valence-corrected chi connectivity index (χ4v) is 1.70. The minimum absolute atomic E-state index is 0.0481. The van der Waals surface area contributed by atoms with Gasteiger partial charge in [0, 0.05) is 23.4 Å². The second kappa shape index (κ2) is 5.56. The first-order chi connectivity index (χ1) is 9.47. The van der Waals surface area contributed by atoms with Gasteiger partial charge >= 0.3 is 0 Å². The van der Waals surface area contributed by atoms with Crippen molar-refractivity contribution < 1.29 is 14.1 Å². The van der Waals surface area contributed by atoms with Gasteiger partial charge in [0.2, 0.25) is 0 Å². The van der Waals surface area contributed by atoms with E-state index in [4.69, 9.17) is 10.5 Å². The molecule has 2 rings (SSSR count). The van der Waals surface area contributed by atoms with Gasteiger partial charge in [0.15, 0.2) is 0 Å². The van der Waals surface area contributed by atoms with Crippen molar-refractivity contribution in [2.45, 2.75) is 13.5 Å². The molecule has 6 heteroatoms. The first kappa shape index (κ1) is 13.8. The molecule has 5 nitrogen and oxygen atoms in total. The van der Waals surface area contributed by atoms with E-state index in [9.17, 15) is 14.5 Å². The molecule has 0 aliphatic rings. The summed E-state index contributed by atoms with van der Waals surface area (Å²) in [4.78, 5) is 10.2. The molecule has 0 bridgehead atoms. The van der Waals surface area contributed by atoms with Gasteiger partial charge in [-0.1, -0.05) is 0 Å². The molecule has 0 amide bonds. The van der Waals surface area contributed by atoms with E-state index >= 15 is 0 Å². The van der Waals surface area contributed by atoms with Crippen molar-refractivity contribution in [2.24, 2.45) is 0 Å². The Balaban J connectivity index is 2.15. The lowest BCUT2D eigenvalue weighted by atomic mass is 10.1. The number of nitrogen functional groups attached to an aromatic ring is 1. The molecule has 0 heterocycles. The summed E-state index contributed by atoms with van der Waals surface area (Å²) in [7, 11) is 0. The van der Waals surface area contributed by atoms with Crippen LogP contribution < -0.4 is 10.5 Å². The quantitative estimate of drug-likeness (QED) is 0.528. The molecule has 104 valence electrons. The summed E-state index contributed by atoms with van der Waals surface area (Å²) in [6.07, 6.45) is 0. The molecule has 0 aliphatic heterocycles. The first-order valence-electron chi connectivity index (χ1n) is 5.89. The third kappa shape index (κ3) is 3.03. The predicted molar refractivity (Wildman–Crippen MR) is 73.0 cm³/mol. The maximum absolute atomic E-state index is 13.1. The van der Waals surface area contributed by atoms with Crippen molar-refractivity contribution in [2.75, 3.05) is 5.73 Å². The summed E-state index contributed by atoms with van der Waals surface area (Å²) >= 11 is 0. The molecule has 0 radical (unpaired) electrons. The number of halogens is 1. The minimum Gasteiger partial charge on any atom is -0.489 e. The highest BCUT2D eigenvalue weighted by molar-refractivity contribution is 5.52. The van der Waals surface area contributed by atoms with E-state index in [2.05, 4.69) is 0 Å². The fraction of sp³-hybridized carbons (Fsp3) is 0.143. The molecule has 0 aliphatic carbocycles. The molecule has 0 atom stereocenters. The average Bonchev–Trinajstić information content (AvgIpc) is 2.41. The predicted octanol–water partition coefficient (Wildman–Crippen LogP) is 3.20. The summed E-state index contributed by atoms with van der Waals surface area (Å²) in [6.45, 7) is 1.71. The summed E-state index contributed by atoms with van der Waals surface area (Å²) in [5.74, 6) is 0.169. The maximum atomic E-state index is 13.1. The van der Waals surface area contributed by atoms with Crippen LogP contribution >= 0.6 is 0 Å². The zero-order valence-corrected chi connectivity index (χ0v) is 10.8. The molecule has 2 aromatic carbocycles. The number of nitro benzene ring substituents is 1. The molecule has 0 unspecified atom stereocenters. The number of ether oxygens (including phenoxy) is 1. The second-order valence-corrected chi connectivity index (χ2v) is 4.34. The van der Waals surface area contributed by atoms with Gasteiger partial charge in [-0.15, -0.1) is 0 Å². The Hall–Kier alpha value is -2.63. The van der Waals surface area contributed by atoms with Crippen molar-refractivity contribution in [3.63, 3.8) is 0 Å². The normalized spacial score (nSPS) is 10.3. The minimum atomic E-state index is -0.495. The number of nitrogens with zero attached hydrogens (tertiary/aromatic N) is 1. The van der Waals surface area contributed by atoms with Crippen LogP contribution in [-0.2, 0) is 6.61 Å². The van der Waals surface area contributed by atoms with Crippen molar-refractivity contribution in [1.82, 2.24) is 0 Å². The average molecular weight is 276 g/mol. The number of nitrogens with two attached hydrogens (primary N) is 1. The van der Waals surface area contributed by atoms with Crippen LogP contribution in [-0.4, -0.2) is 4.92 Å². The lowest BCUT2D eigenvalue weighted by Gasteiger charge is -2.09. The third-order valence-corrected chi connectivity index (χ3v) is 2.86. The van der Waals surface area contributed by atoms with Gasteiger partial charge in [-0.2, -0.15) is 0 Å². The van der Waals surface area contributed by atoms with Crippen LogP contribution in [0.1, 0.15) is 11.1 Å². The lowest BCUT2D eigenvalue weighted by Crippen LogP contribution is -2.02. The maximum Gasteiger partial charge on any atom is 0.269 e. The summed E-state index contributed by atoms with van der Waals surface area (Å²) in [6, 6.07) is 8.53. The number of benzene rings is 2. The number of anilines is 1. The Morgan fingerprint density at radius 2 is 2.05 bits per heavy atom. The van der Waals surface area contributed by atoms with Gasteiger partial charge < -0.3 is 10.5 Å². The SMILES string of the molecule is Cc1cc(OCc2cc([N+](=O)[O-])ccc2N)ccc1F. The van der Waals surface area contributed by atoms with Gasteiger partial charge in [0.1, 0.15) is 18.2 Å². The molecular formula is C14H13FN2O3. The van der Waals surface area contributed by atoms with Crippen molar-refractivity contribution >= 4 is 11.4 Å². The van der Waals surface area contributed by atoms with Gasteiger partial charge in [-0.25, -0.2) is 4.39 Å². The Kier molecular flexibility index (Phi) is 3.84. The third-order valence-electron chi connectivity index (χ3n) is 2.86. The highest BCUT2D eigenvalue weighted by Gasteiger charge is 2.10. The van der Waals surface area contributed by atoms with Crippen molar-refractivity contribution in [3.8, 4) is 5.75 Å². The smallest absolute Gasteiger partial charge is 0.269 e. The number of aryl methyl sites for hydroxylation is 1. The summed E-state index contributed by atoms with van der Waals surface area (Å²) in [5, 5.41) is 10.7. The molecule has 2 N–H and O–H groups in total. The molecule has 0 saturated carbocycles. The van der Waals surface area contributed by atoms with Crippen LogP contribution in [0.2, 0.25) is 0 Å². The van der Waals surface area contributed by atoms with Crippen LogP contribution in [0, 0.1) is 22.9 Å². The number of non-ortho nitro benzene ring substituents is 1. The van der Waals surface area contributed by atoms with Crippen LogP contribution in [0.3, 0.4) is 0 Å². The van der Waals surface area contributed by atoms with Crippen molar-refractivity contribution in [3.05, 3.63) is 63.5 Å². The molecule has 0 saturated heterocycles. The Labute approximate surface area is 114 Å². The Bertz CT molecular complexity index is 659. The van der Waals surface area contributed by atoms with E-state index in [0.717, 1.165) is 0 Å². The highest BCUT2D eigenvalue weighted by atomic mass is 19.1. The molecular weight excluding hydrogens is 263 g/mol. The molecule has 2 aromatic rings. The molecule has 0 spiro atoms. The zero-order valence-electron chi connectivity index (χ0n) is 10.8. The first-order valence-corrected chi connectivity index (χ1v) is 5.89. The van der Waals surface area contributed by atoms with Gasteiger partial charge in [-0.05, 0) is 36.8 Å². The monoisotopic (exact) mass is 276 g/mol. The summed E-state index contributed by atoms with van der Waals surface area (Å²) in [5.41, 5.74) is 7.09. The molecule has 0 fully saturated rings. The van der Waals surface area contributed by atoms with Crippen LogP contribution in [0.5, 0.6) is 5.75 Å². The van der Waals surface area contributed by atoms with Gasteiger partial charge in [0.05, 0.1) is 4.92 Å². The van der Waals surface area contributed by atoms with E-state index in [0.29, 0.717) is 22.6 Å². The molecule has 20 heavy (non-hydrogen) atoms. The number of hydrogen-bond donors (Lipinski definition) is 1. The van der Waals surface area contributed by atoms with Gasteiger partial charge in [0.25, 0.3) is 5.69 Å². The van der Waals surface area contributed by atoms with E-state index in [1.165, 1.54) is 30.3 Å². The Morgan fingerprint density at radius 3 is 2.70 bits per heavy atom. The number of hydrogen-bond acceptors (Lipinski definition) is 4. The topological polar surface area (TPSA) is 78.4 Å². The lowest BCUT2D eigenvalue weighted by molar-refractivity contribution is -0.384. The number of nitro groups is 1. The molecule has 0 aromatic heterocycles. The van der Waals surface area contributed by atoms with E-state index in [1.54, 1.807) is 13.0 Å².